The van der Waals surface area contributed by atoms with Crippen molar-refractivity contribution in [3.8, 4) is 20.7 Å². The van der Waals surface area contributed by atoms with Crippen LogP contribution < -0.4 is 5.32 Å². The van der Waals surface area contributed by atoms with Gasteiger partial charge in [0.1, 0.15) is 10.7 Å². The average Bonchev–Trinajstić information content (AvgIpc) is 3.41. The largest absolute Gasteiger partial charge is 0.345 e. The van der Waals surface area contributed by atoms with Gasteiger partial charge in [-0.25, -0.2) is 19.9 Å². The molecule has 0 spiro atoms. The van der Waals surface area contributed by atoms with Crippen LogP contribution in [0.25, 0.3) is 20.7 Å². The average molecular weight is 385 g/mol. The van der Waals surface area contributed by atoms with Gasteiger partial charge in [-0.1, -0.05) is 6.07 Å². The first-order chi connectivity index (χ1) is 12.3. The van der Waals surface area contributed by atoms with Gasteiger partial charge < -0.3 is 5.32 Å². The molecule has 0 fully saturated rings. The number of nitrogens with one attached hydrogen (secondary N) is 1. The number of carbonyl (C=O) groups excluding carboxylic acids is 1. The molecule has 0 saturated heterocycles. The highest BCUT2D eigenvalue weighted by Gasteiger charge is 2.13. The van der Waals surface area contributed by atoms with Crippen LogP contribution in [0.15, 0.2) is 46.7 Å². The predicted octanol–water partition coefficient (Wildman–Crippen LogP) is 3.72. The third-order valence-electron chi connectivity index (χ3n) is 3.21. The fourth-order valence-electron chi connectivity index (χ4n) is 2.05. The molecule has 124 valence electrons. The van der Waals surface area contributed by atoms with Gasteiger partial charge in [-0.2, -0.15) is 0 Å². The van der Waals surface area contributed by atoms with E-state index in [-0.39, 0.29) is 5.91 Å². The van der Waals surface area contributed by atoms with E-state index in [1.54, 1.807) is 35.2 Å². The number of rotatable bonds is 5. The van der Waals surface area contributed by atoms with Crippen LogP contribution in [0.3, 0.4) is 0 Å². The molecule has 6 nitrogen and oxygen atoms in total. The number of carbonyl (C=O) groups is 1. The number of hydrogen-bond donors (Lipinski definition) is 1. The molecule has 0 aliphatic heterocycles. The summed E-state index contributed by atoms with van der Waals surface area (Å²) in [6, 6.07) is 5.72. The predicted molar refractivity (Wildman–Crippen MR) is 99.7 cm³/mol. The Bertz CT molecular complexity index is 978. The summed E-state index contributed by atoms with van der Waals surface area (Å²) >= 11 is 4.53. The summed E-state index contributed by atoms with van der Waals surface area (Å²) in [7, 11) is 0. The van der Waals surface area contributed by atoms with Crippen molar-refractivity contribution in [3.05, 3.63) is 58.1 Å². The minimum absolute atomic E-state index is 0.204. The van der Waals surface area contributed by atoms with Gasteiger partial charge in [-0.3, -0.25) is 4.79 Å². The topological polar surface area (TPSA) is 80.7 Å². The zero-order chi connectivity index (χ0) is 17.1. The van der Waals surface area contributed by atoms with Crippen LogP contribution in [0.1, 0.15) is 16.2 Å². The van der Waals surface area contributed by atoms with Gasteiger partial charge in [0.05, 0.1) is 17.1 Å². The Kier molecular flexibility index (Phi) is 4.59. The standard InChI is InChI=1S/C16H11N5OS3/c22-14(11-9-25-15(21-11)12-3-1-6-23-12)19-7-10-8-24-16(20-10)13-17-4-2-5-18-13/h1-6,8-9H,7H2,(H,19,22). The molecule has 1 amide bonds. The van der Waals surface area contributed by atoms with Gasteiger partial charge in [-0.05, 0) is 17.5 Å². The summed E-state index contributed by atoms with van der Waals surface area (Å²) in [5, 5.41) is 10.1. The van der Waals surface area contributed by atoms with E-state index in [1.165, 1.54) is 22.7 Å². The highest BCUT2D eigenvalue weighted by atomic mass is 32.1. The van der Waals surface area contributed by atoms with E-state index in [9.17, 15) is 4.79 Å². The second-order valence-corrected chi connectivity index (χ2v) is 7.58. The van der Waals surface area contributed by atoms with E-state index < -0.39 is 0 Å². The normalized spacial score (nSPS) is 10.7. The minimum Gasteiger partial charge on any atom is -0.345 e. The van der Waals surface area contributed by atoms with E-state index in [2.05, 4.69) is 25.3 Å². The highest BCUT2D eigenvalue weighted by molar-refractivity contribution is 7.20. The molecular formula is C16H11N5OS3. The van der Waals surface area contributed by atoms with Crippen LogP contribution in [0, 0.1) is 0 Å². The first kappa shape index (κ1) is 16.0. The molecule has 4 aromatic rings. The lowest BCUT2D eigenvalue weighted by atomic mass is 10.4. The van der Waals surface area contributed by atoms with Crippen LogP contribution >= 0.6 is 34.0 Å². The number of amides is 1. The molecule has 9 heteroatoms. The number of thiazole rings is 2. The summed E-state index contributed by atoms with van der Waals surface area (Å²) in [5.41, 5.74) is 1.20. The third-order valence-corrected chi connectivity index (χ3v) is 5.98. The van der Waals surface area contributed by atoms with Crippen molar-refractivity contribution in [1.29, 1.82) is 0 Å². The molecule has 0 saturated carbocycles. The minimum atomic E-state index is -0.204. The first-order valence-electron chi connectivity index (χ1n) is 7.29. The SMILES string of the molecule is O=C(NCc1csc(-c2ncccn2)n1)c1csc(-c2cccs2)n1. The molecule has 0 aliphatic rings. The van der Waals surface area contributed by atoms with Crippen LogP contribution in [0.2, 0.25) is 0 Å². The van der Waals surface area contributed by atoms with Gasteiger partial charge in [-0.15, -0.1) is 34.0 Å². The van der Waals surface area contributed by atoms with Gasteiger partial charge in [0.2, 0.25) is 0 Å². The van der Waals surface area contributed by atoms with E-state index in [0.717, 1.165) is 20.6 Å². The summed E-state index contributed by atoms with van der Waals surface area (Å²) < 4.78 is 0. The first-order valence-corrected chi connectivity index (χ1v) is 9.93. The Balaban J connectivity index is 1.40. The Morgan fingerprint density at radius 3 is 2.64 bits per heavy atom. The molecule has 0 atom stereocenters. The van der Waals surface area contributed by atoms with Gasteiger partial charge in [0, 0.05) is 23.2 Å². The molecule has 1 N–H and O–H groups in total. The van der Waals surface area contributed by atoms with Crippen molar-refractivity contribution in [2.24, 2.45) is 0 Å². The number of aromatic nitrogens is 4. The Labute approximate surface area is 155 Å². The van der Waals surface area contributed by atoms with Gasteiger partial charge >= 0.3 is 0 Å². The van der Waals surface area contributed by atoms with Crippen molar-refractivity contribution in [3.63, 3.8) is 0 Å². The molecule has 0 radical (unpaired) electrons. The van der Waals surface area contributed by atoms with E-state index in [1.807, 2.05) is 22.9 Å². The van der Waals surface area contributed by atoms with Crippen molar-refractivity contribution >= 4 is 39.9 Å². The van der Waals surface area contributed by atoms with Crippen molar-refractivity contribution in [1.82, 2.24) is 25.3 Å². The maximum Gasteiger partial charge on any atom is 0.271 e. The van der Waals surface area contributed by atoms with Crippen molar-refractivity contribution in [2.45, 2.75) is 6.54 Å². The van der Waals surface area contributed by atoms with Crippen molar-refractivity contribution in [2.75, 3.05) is 0 Å². The second kappa shape index (κ2) is 7.18. The van der Waals surface area contributed by atoms with Crippen LogP contribution in [0.5, 0.6) is 0 Å². The van der Waals surface area contributed by atoms with Gasteiger partial charge in [0.15, 0.2) is 10.8 Å². The molecule has 4 heterocycles. The molecule has 4 rings (SSSR count). The Hall–Kier alpha value is -2.49. The zero-order valence-electron chi connectivity index (χ0n) is 12.7. The maximum absolute atomic E-state index is 12.3. The summed E-state index contributed by atoms with van der Waals surface area (Å²) in [6.45, 7) is 0.341. The van der Waals surface area contributed by atoms with Gasteiger partial charge in [0.25, 0.3) is 5.91 Å². The molecule has 25 heavy (non-hydrogen) atoms. The lowest BCUT2D eigenvalue weighted by molar-refractivity contribution is 0.0946. The summed E-state index contributed by atoms with van der Waals surface area (Å²) in [4.78, 5) is 30.5. The summed E-state index contributed by atoms with van der Waals surface area (Å²) in [6.07, 6.45) is 3.36. The van der Waals surface area contributed by atoms with E-state index in [0.29, 0.717) is 18.1 Å². The van der Waals surface area contributed by atoms with Crippen LogP contribution in [-0.2, 0) is 6.54 Å². The molecule has 0 aliphatic carbocycles. The second-order valence-electron chi connectivity index (χ2n) is 4.91. The molecule has 0 aromatic carbocycles. The molecule has 4 aromatic heterocycles. The van der Waals surface area contributed by atoms with E-state index >= 15 is 0 Å². The monoisotopic (exact) mass is 385 g/mol. The smallest absolute Gasteiger partial charge is 0.271 e. The fraction of sp³-hybridized carbons (Fsp3) is 0.0625. The zero-order valence-corrected chi connectivity index (χ0v) is 15.2. The van der Waals surface area contributed by atoms with Crippen LogP contribution in [-0.4, -0.2) is 25.8 Å². The molecule has 0 unspecified atom stereocenters. The Morgan fingerprint density at radius 1 is 1.00 bits per heavy atom. The fourth-order valence-corrected chi connectivity index (χ4v) is 4.43. The number of thiophene rings is 1. The molecular weight excluding hydrogens is 374 g/mol. The maximum atomic E-state index is 12.3. The lowest BCUT2D eigenvalue weighted by Gasteiger charge is -2.00. The number of nitrogens with zero attached hydrogens (tertiary/aromatic N) is 4. The molecule has 0 bridgehead atoms. The third kappa shape index (κ3) is 3.63. The summed E-state index contributed by atoms with van der Waals surface area (Å²) in [5.74, 6) is 0.384. The quantitative estimate of drug-likeness (QED) is 0.566. The lowest BCUT2D eigenvalue weighted by Crippen LogP contribution is -2.23. The van der Waals surface area contributed by atoms with Crippen molar-refractivity contribution < 1.29 is 4.79 Å². The number of hydrogen-bond acceptors (Lipinski definition) is 8. The Morgan fingerprint density at radius 2 is 1.84 bits per heavy atom. The highest BCUT2D eigenvalue weighted by Crippen LogP contribution is 2.27. The van der Waals surface area contributed by atoms with E-state index in [4.69, 9.17) is 0 Å². The van der Waals surface area contributed by atoms with Crippen LogP contribution in [0.4, 0.5) is 0 Å².